The zero-order valence-corrected chi connectivity index (χ0v) is 13.4. The minimum Gasteiger partial charge on any atom is -0.320 e. The van der Waals surface area contributed by atoms with Crippen LogP contribution in [0.1, 0.15) is 4.88 Å². The van der Waals surface area contributed by atoms with Crippen molar-refractivity contribution in [2.75, 3.05) is 5.32 Å². The number of carbonyl (C=O) groups is 1. The van der Waals surface area contributed by atoms with Crippen LogP contribution in [0.25, 0.3) is 6.08 Å². The fraction of sp³-hybridized carbons (Fsp3) is 0. The third-order valence-corrected chi connectivity index (χ3v) is 4.44. The molecule has 2 rings (SSSR count). The molecule has 1 heterocycles. The van der Waals surface area contributed by atoms with Crippen molar-refractivity contribution >= 4 is 63.8 Å². The molecule has 0 atom stereocenters. The van der Waals surface area contributed by atoms with Crippen LogP contribution < -0.4 is 5.32 Å². The maximum atomic E-state index is 12.1. The highest BCUT2D eigenvalue weighted by Crippen LogP contribution is 2.30. The molecule has 0 saturated heterocycles. The molecule has 0 fully saturated rings. The van der Waals surface area contributed by atoms with Crippen LogP contribution in [0.3, 0.4) is 0 Å². The Balaban J connectivity index is 2.24. The molecule has 0 unspecified atom stereocenters. The lowest BCUT2D eigenvalue weighted by atomic mass is 10.2. The van der Waals surface area contributed by atoms with Crippen molar-refractivity contribution in [2.45, 2.75) is 0 Å². The number of nitrogens with one attached hydrogen (secondary N) is 1. The van der Waals surface area contributed by atoms with Crippen molar-refractivity contribution in [1.29, 1.82) is 5.26 Å². The number of rotatable bonds is 3. The molecule has 0 aliphatic rings. The van der Waals surface area contributed by atoms with Gasteiger partial charge in [-0.1, -0.05) is 40.9 Å². The topological polar surface area (TPSA) is 52.9 Å². The maximum absolute atomic E-state index is 12.1. The number of hydrogen-bond acceptors (Lipinski definition) is 3. The zero-order chi connectivity index (χ0) is 15.4. The molecule has 106 valence electrons. The van der Waals surface area contributed by atoms with Gasteiger partial charge in [0, 0.05) is 4.88 Å². The molecule has 0 bridgehead atoms. The zero-order valence-electron chi connectivity index (χ0n) is 10.4. The molecule has 1 amide bonds. The standard InChI is InChI=1S/C14H7Cl3N2OS/c15-10-2-1-3-11(13(10)17)19-14(20)8(7-18)6-9-4-5-12(16)21-9/h1-6H,(H,19,20)/b8-6-. The highest BCUT2D eigenvalue weighted by molar-refractivity contribution is 7.17. The summed E-state index contributed by atoms with van der Waals surface area (Å²) in [4.78, 5) is 12.8. The van der Waals surface area contributed by atoms with Gasteiger partial charge in [-0.15, -0.1) is 11.3 Å². The third-order valence-electron chi connectivity index (χ3n) is 2.45. The molecule has 21 heavy (non-hydrogen) atoms. The van der Waals surface area contributed by atoms with Crippen molar-refractivity contribution in [3.05, 3.63) is 55.2 Å². The van der Waals surface area contributed by atoms with Crippen LogP contribution >= 0.6 is 46.1 Å². The van der Waals surface area contributed by atoms with E-state index in [2.05, 4.69) is 5.32 Å². The van der Waals surface area contributed by atoms with E-state index in [4.69, 9.17) is 40.1 Å². The number of benzene rings is 1. The Morgan fingerprint density at radius 3 is 2.62 bits per heavy atom. The van der Waals surface area contributed by atoms with E-state index >= 15 is 0 Å². The highest BCUT2D eigenvalue weighted by Gasteiger charge is 2.13. The Labute approximate surface area is 140 Å². The summed E-state index contributed by atoms with van der Waals surface area (Å²) in [6.45, 7) is 0. The second-order valence-corrected chi connectivity index (χ2v) is 6.40. The van der Waals surface area contributed by atoms with Gasteiger partial charge < -0.3 is 5.32 Å². The number of thiophene rings is 1. The van der Waals surface area contributed by atoms with Gasteiger partial charge in [-0.25, -0.2) is 0 Å². The van der Waals surface area contributed by atoms with E-state index in [1.807, 2.05) is 6.07 Å². The molecule has 3 nitrogen and oxygen atoms in total. The van der Waals surface area contributed by atoms with E-state index in [0.29, 0.717) is 19.9 Å². The molecule has 1 aromatic heterocycles. The molecule has 7 heteroatoms. The first kappa shape index (κ1) is 15.9. The largest absolute Gasteiger partial charge is 0.320 e. The summed E-state index contributed by atoms with van der Waals surface area (Å²) in [5, 5.41) is 12.2. The molecular weight excluding hydrogens is 351 g/mol. The van der Waals surface area contributed by atoms with Crippen LogP contribution in [0.5, 0.6) is 0 Å². The Morgan fingerprint density at radius 2 is 2.00 bits per heavy atom. The average molecular weight is 358 g/mol. The van der Waals surface area contributed by atoms with Crippen LogP contribution in [-0.4, -0.2) is 5.91 Å². The minimum absolute atomic E-state index is 0.0513. The number of nitrogens with zero attached hydrogens (tertiary/aromatic N) is 1. The van der Waals surface area contributed by atoms with Crippen molar-refractivity contribution in [3.63, 3.8) is 0 Å². The number of nitriles is 1. The van der Waals surface area contributed by atoms with E-state index < -0.39 is 5.91 Å². The number of hydrogen-bond donors (Lipinski definition) is 1. The van der Waals surface area contributed by atoms with Crippen molar-refractivity contribution in [3.8, 4) is 6.07 Å². The monoisotopic (exact) mass is 356 g/mol. The molecule has 1 aromatic carbocycles. The van der Waals surface area contributed by atoms with Crippen molar-refractivity contribution in [2.24, 2.45) is 0 Å². The maximum Gasteiger partial charge on any atom is 0.266 e. The smallest absolute Gasteiger partial charge is 0.266 e. The first-order valence-corrected chi connectivity index (χ1v) is 7.59. The molecule has 0 saturated carbocycles. The second-order valence-electron chi connectivity index (χ2n) is 3.87. The van der Waals surface area contributed by atoms with E-state index in [1.54, 1.807) is 30.3 Å². The molecule has 0 radical (unpaired) electrons. The van der Waals surface area contributed by atoms with Gasteiger partial charge in [-0.3, -0.25) is 4.79 Å². The molecule has 0 spiro atoms. The number of halogens is 3. The SMILES string of the molecule is N#C/C(=C/c1ccc(Cl)s1)C(=O)Nc1cccc(Cl)c1Cl. The van der Waals surface area contributed by atoms with Crippen LogP contribution in [-0.2, 0) is 4.79 Å². The first-order valence-electron chi connectivity index (χ1n) is 5.63. The van der Waals surface area contributed by atoms with E-state index in [1.165, 1.54) is 17.4 Å². The van der Waals surface area contributed by atoms with Gasteiger partial charge in [0.1, 0.15) is 11.6 Å². The number of carbonyl (C=O) groups excluding carboxylic acids is 1. The quantitative estimate of drug-likeness (QED) is 0.602. The summed E-state index contributed by atoms with van der Waals surface area (Å²) < 4.78 is 0.580. The van der Waals surface area contributed by atoms with Crippen LogP contribution in [0.15, 0.2) is 35.9 Å². The molecule has 0 aliphatic carbocycles. The fourth-order valence-electron chi connectivity index (χ4n) is 1.49. The van der Waals surface area contributed by atoms with Crippen LogP contribution in [0.2, 0.25) is 14.4 Å². The predicted molar refractivity (Wildman–Crippen MR) is 88.0 cm³/mol. The third kappa shape index (κ3) is 3.99. The van der Waals surface area contributed by atoms with Crippen molar-refractivity contribution < 1.29 is 4.79 Å². The summed E-state index contributed by atoms with van der Waals surface area (Å²) in [5.41, 5.74) is 0.295. The van der Waals surface area contributed by atoms with Gasteiger partial charge in [0.25, 0.3) is 5.91 Å². The van der Waals surface area contributed by atoms with Gasteiger partial charge in [0.05, 0.1) is 20.1 Å². The Morgan fingerprint density at radius 1 is 1.24 bits per heavy atom. The van der Waals surface area contributed by atoms with Gasteiger partial charge in [0.15, 0.2) is 0 Å². The summed E-state index contributed by atoms with van der Waals surface area (Å²) in [6, 6.07) is 10.1. The Hall–Kier alpha value is -1.51. The van der Waals surface area contributed by atoms with E-state index in [9.17, 15) is 4.79 Å². The van der Waals surface area contributed by atoms with Crippen LogP contribution in [0.4, 0.5) is 5.69 Å². The number of amides is 1. The van der Waals surface area contributed by atoms with E-state index in [-0.39, 0.29) is 10.6 Å². The summed E-state index contributed by atoms with van der Waals surface area (Å²) in [5.74, 6) is -0.564. The molecule has 2 aromatic rings. The first-order chi connectivity index (χ1) is 10.0. The lowest BCUT2D eigenvalue weighted by Crippen LogP contribution is -2.13. The molecular formula is C14H7Cl3N2OS. The van der Waals surface area contributed by atoms with Gasteiger partial charge in [-0.2, -0.15) is 5.26 Å². The minimum atomic E-state index is -0.564. The Kier molecular flexibility index (Phi) is 5.27. The average Bonchev–Trinajstić information content (AvgIpc) is 2.86. The van der Waals surface area contributed by atoms with Gasteiger partial charge >= 0.3 is 0 Å². The summed E-state index contributed by atoms with van der Waals surface area (Å²) >= 11 is 18.9. The fourth-order valence-corrected chi connectivity index (χ4v) is 2.84. The van der Waals surface area contributed by atoms with Crippen molar-refractivity contribution in [1.82, 2.24) is 0 Å². The lowest BCUT2D eigenvalue weighted by molar-refractivity contribution is -0.112. The van der Waals surface area contributed by atoms with E-state index in [0.717, 1.165) is 0 Å². The molecule has 1 N–H and O–H groups in total. The van der Waals surface area contributed by atoms with Crippen LogP contribution in [0, 0.1) is 11.3 Å². The van der Waals surface area contributed by atoms with Gasteiger partial charge in [0.2, 0.25) is 0 Å². The number of anilines is 1. The lowest BCUT2D eigenvalue weighted by Gasteiger charge is -2.07. The Bertz CT molecular complexity index is 762. The highest BCUT2D eigenvalue weighted by atomic mass is 35.5. The second kappa shape index (κ2) is 6.97. The summed E-state index contributed by atoms with van der Waals surface area (Å²) in [7, 11) is 0. The van der Waals surface area contributed by atoms with Gasteiger partial charge in [-0.05, 0) is 30.3 Å². The predicted octanol–water partition coefficient (Wildman–Crippen LogP) is 5.25. The normalized spacial score (nSPS) is 11.0. The molecule has 0 aliphatic heterocycles. The summed E-state index contributed by atoms with van der Waals surface area (Å²) in [6.07, 6.45) is 1.46.